The van der Waals surface area contributed by atoms with E-state index >= 15 is 0 Å². The number of aliphatic hydroxyl groups excluding tert-OH is 1. The number of likely N-dealkylation sites (tertiary alicyclic amines) is 1. The van der Waals surface area contributed by atoms with Crippen LogP contribution < -0.4 is 9.47 Å². The molecule has 22 heavy (non-hydrogen) atoms. The molecule has 0 unspecified atom stereocenters. The van der Waals surface area contributed by atoms with Crippen LogP contribution >= 0.6 is 0 Å². The fourth-order valence-corrected chi connectivity index (χ4v) is 3.77. The summed E-state index contributed by atoms with van der Waals surface area (Å²) in [5, 5.41) is 9.85. The van der Waals surface area contributed by atoms with Crippen LogP contribution in [0.1, 0.15) is 12.0 Å². The Hall–Kier alpha value is -1.30. The van der Waals surface area contributed by atoms with Crippen LogP contribution in [0.25, 0.3) is 0 Å². The van der Waals surface area contributed by atoms with Gasteiger partial charge in [-0.25, -0.2) is 0 Å². The highest BCUT2D eigenvalue weighted by atomic mass is 16.5. The molecule has 0 aromatic heterocycles. The molecule has 2 aliphatic rings. The normalized spacial score (nSPS) is 28.4. The fraction of sp³-hybridized carbons (Fsp3) is 0.647. The lowest BCUT2D eigenvalue weighted by atomic mass is 9.76. The number of hydrogen-bond donors (Lipinski definition) is 1. The highest BCUT2D eigenvalue weighted by Crippen LogP contribution is 2.41. The maximum atomic E-state index is 9.85. The van der Waals surface area contributed by atoms with Gasteiger partial charge in [-0.3, -0.25) is 4.90 Å². The van der Waals surface area contributed by atoms with Crippen molar-refractivity contribution in [3.05, 3.63) is 23.8 Å². The van der Waals surface area contributed by atoms with E-state index < -0.39 is 0 Å². The Morgan fingerprint density at radius 3 is 2.59 bits per heavy atom. The molecule has 1 N–H and O–H groups in total. The number of fused-ring (bicyclic) bond motifs is 1. The third-order valence-electron chi connectivity index (χ3n) is 5.02. The number of hydrogen-bond acceptors (Lipinski definition) is 5. The summed E-state index contributed by atoms with van der Waals surface area (Å²) in [7, 11) is 3.34. The highest BCUT2D eigenvalue weighted by molar-refractivity contribution is 5.38. The van der Waals surface area contributed by atoms with Gasteiger partial charge in [-0.05, 0) is 30.0 Å². The molecule has 5 nitrogen and oxygen atoms in total. The zero-order valence-electron chi connectivity index (χ0n) is 13.4. The predicted molar refractivity (Wildman–Crippen MR) is 83.3 cm³/mol. The van der Waals surface area contributed by atoms with Crippen LogP contribution in [0.4, 0.5) is 0 Å². The summed E-state index contributed by atoms with van der Waals surface area (Å²) in [5.41, 5.74) is 1.09. The van der Waals surface area contributed by atoms with Crippen molar-refractivity contribution >= 4 is 0 Å². The van der Waals surface area contributed by atoms with E-state index in [9.17, 15) is 5.11 Å². The Bertz CT molecular complexity index is 499. The monoisotopic (exact) mass is 307 g/mol. The first-order valence-electron chi connectivity index (χ1n) is 7.82. The van der Waals surface area contributed by atoms with Gasteiger partial charge in [0.1, 0.15) is 11.5 Å². The average Bonchev–Trinajstić information content (AvgIpc) is 2.92. The van der Waals surface area contributed by atoms with Crippen LogP contribution in [-0.4, -0.2) is 57.1 Å². The molecule has 3 rings (SSSR count). The summed E-state index contributed by atoms with van der Waals surface area (Å²) in [6.45, 7) is 4.43. The lowest BCUT2D eigenvalue weighted by molar-refractivity contribution is -0.0561. The molecular weight excluding hydrogens is 282 g/mol. The van der Waals surface area contributed by atoms with Gasteiger partial charge in [0.05, 0.1) is 27.4 Å². The van der Waals surface area contributed by atoms with E-state index in [2.05, 4.69) is 4.90 Å². The molecule has 0 bridgehead atoms. The van der Waals surface area contributed by atoms with E-state index in [1.807, 2.05) is 18.2 Å². The van der Waals surface area contributed by atoms with Gasteiger partial charge in [-0.15, -0.1) is 0 Å². The van der Waals surface area contributed by atoms with Crippen molar-refractivity contribution in [3.8, 4) is 11.5 Å². The molecule has 1 aromatic rings. The molecule has 2 atom stereocenters. The third-order valence-corrected chi connectivity index (χ3v) is 5.02. The molecule has 122 valence electrons. The topological polar surface area (TPSA) is 51.2 Å². The quantitative estimate of drug-likeness (QED) is 0.894. The average molecular weight is 307 g/mol. The number of nitrogens with zero attached hydrogens (tertiary/aromatic N) is 1. The van der Waals surface area contributed by atoms with Crippen LogP contribution in [0.3, 0.4) is 0 Å². The zero-order chi connectivity index (χ0) is 15.6. The summed E-state index contributed by atoms with van der Waals surface area (Å²) in [6, 6.07) is 5.98. The van der Waals surface area contributed by atoms with Crippen molar-refractivity contribution in [2.24, 2.45) is 11.3 Å². The van der Waals surface area contributed by atoms with Gasteiger partial charge in [0, 0.05) is 37.7 Å². The minimum absolute atomic E-state index is 0.0821. The van der Waals surface area contributed by atoms with Crippen molar-refractivity contribution in [2.45, 2.75) is 13.0 Å². The second-order valence-electron chi connectivity index (χ2n) is 6.45. The molecule has 2 heterocycles. The molecule has 0 spiro atoms. The first kappa shape index (κ1) is 15.6. The van der Waals surface area contributed by atoms with E-state index in [0.717, 1.165) is 44.2 Å². The van der Waals surface area contributed by atoms with E-state index in [1.54, 1.807) is 14.2 Å². The first-order valence-corrected chi connectivity index (χ1v) is 7.82. The van der Waals surface area contributed by atoms with Crippen molar-refractivity contribution in [1.82, 2.24) is 4.90 Å². The van der Waals surface area contributed by atoms with Gasteiger partial charge in [-0.1, -0.05) is 0 Å². The standard InChI is InChI=1S/C17H25NO4/c1-20-15-5-13(6-16(7-15)21-2)8-18-9-14-3-4-22-12-17(14,10-18)11-19/h5-7,14,19H,3-4,8-12H2,1-2H3/t14-,17+/m0/s1. The summed E-state index contributed by atoms with van der Waals surface area (Å²) in [6.07, 6.45) is 1.04. The summed E-state index contributed by atoms with van der Waals surface area (Å²) in [5.74, 6) is 2.15. The van der Waals surface area contributed by atoms with Gasteiger partial charge in [0.2, 0.25) is 0 Å². The van der Waals surface area contributed by atoms with Crippen LogP contribution in [-0.2, 0) is 11.3 Å². The molecule has 2 aliphatic heterocycles. The van der Waals surface area contributed by atoms with Crippen molar-refractivity contribution in [2.75, 3.05) is 47.1 Å². The Morgan fingerprint density at radius 2 is 2.00 bits per heavy atom. The molecule has 2 fully saturated rings. The SMILES string of the molecule is COc1cc(CN2C[C@@H]3CCOC[C@]3(CO)C2)cc(OC)c1. The largest absolute Gasteiger partial charge is 0.497 e. The smallest absolute Gasteiger partial charge is 0.122 e. The zero-order valence-corrected chi connectivity index (χ0v) is 13.4. The Morgan fingerprint density at radius 1 is 1.27 bits per heavy atom. The summed E-state index contributed by atoms with van der Waals surface area (Å²) < 4.78 is 16.3. The van der Waals surface area contributed by atoms with Crippen LogP contribution in [0.2, 0.25) is 0 Å². The molecule has 0 radical (unpaired) electrons. The molecule has 0 aliphatic carbocycles. The number of methoxy groups -OCH3 is 2. The molecule has 0 saturated carbocycles. The van der Waals surface area contributed by atoms with Crippen molar-refractivity contribution in [1.29, 1.82) is 0 Å². The number of rotatable bonds is 5. The van der Waals surface area contributed by atoms with Gasteiger partial charge in [0.15, 0.2) is 0 Å². The van der Waals surface area contributed by atoms with Gasteiger partial charge in [0.25, 0.3) is 0 Å². The van der Waals surface area contributed by atoms with Crippen molar-refractivity contribution < 1.29 is 19.3 Å². The Balaban J connectivity index is 1.74. The predicted octanol–water partition coefficient (Wildman–Crippen LogP) is 1.53. The maximum Gasteiger partial charge on any atom is 0.122 e. The lowest BCUT2D eigenvalue weighted by Gasteiger charge is -2.36. The number of aliphatic hydroxyl groups is 1. The van der Waals surface area contributed by atoms with Crippen LogP contribution in [0, 0.1) is 11.3 Å². The van der Waals surface area contributed by atoms with E-state index in [-0.39, 0.29) is 12.0 Å². The van der Waals surface area contributed by atoms with E-state index in [1.165, 1.54) is 5.56 Å². The minimum atomic E-state index is -0.0821. The van der Waals surface area contributed by atoms with Crippen LogP contribution in [0.5, 0.6) is 11.5 Å². The summed E-state index contributed by atoms with van der Waals surface area (Å²) >= 11 is 0. The van der Waals surface area contributed by atoms with Crippen LogP contribution in [0.15, 0.2) is 18.2 Å². The number of benzene rings is 1. The van der Waals surface area contributed by atoms with Gasteiger partial charge in [-0.2, -0.15) is 0 Å². The molecule has 5 heteroatoms. The van der Waals surface area contributed by atoms with E-state index in [0.29, 0.717) is 12.5 Å². The fourth-order valence-electron chi connectivity index (χ4n) is 3.77. The lowest BCUT2D eigenvalue weighted by Crippen LogP contribution is -2.42. The summed E-state index contributed by atoms with van der Waals surface area (Å²) in [4.78, 5) is 2.41. The molecule has 0 amide bonds. The Kier molecular flexibility index (Phi) is 4.57. The second kappa shape index (κ2) is 6.44. The number of ether oxygens (including phenoxy) is 3. The molecule has 2 saturated heterocycles. The minimum Gasteiger partial charge on any atom is -0.497 e. The third kappa shape index (κ3) is 2.93. The first-order chi connectivity index (χ1) is 10.7. The van der Waals surface area contributed by atoms with E-state index in [4.69, 9.17) is 14.2 Å². The van der Waals surface area contributed by atoms with Gasteiger partial charge < -0.3 is 19.3 Å². The maximum absolute atomic E-state index is 9.85. The highest BCUT2D eigenvalue weighted by Gasteiger charge is 2.47. The second-order valence-corrected chi connectivity index (χ2v) is 6.45. The van der Waals surface area contributed by atoms with Gasteiger partial charge >= 0.3 is 0 Å². The molecule has 1 aromatic carbocycles. The molecular formula is C17H25NO4. The van der Waals surface area contributed by atoms with Crippen molar-refractivity contribution in [3.63, 3.8) is 0 Å². The Labute approximate surface area is 131 Å².